The molecule has 0 aliphatic carbocycles. The summed E-state index contributed by atoms with van der Waals surface area (Å²) in [7, 11) is 0. The smallest absolute Gasteiger partial charge is 0.548 e. The van der Waals surface area contributed by atoms with E-state index >= 15 is 0 Å². The number of carbonyl (C=O) groups is 4. The molecule has 2 aliphatic heterocycles. The maximum absolute atomic E-state index is 11.1. The van der Waals surface area contributed by atoms with E-state index in [2.05, 4.69) is 10.6 Å². The fraction of sp³-hybridized carbons (Fsp3) is 0.714. The van der Waals surface area contributed by atoms with Crippen LogP contribution in [0.15, 0.2) is 0 Å². The van der Waals surface area contributed by atoms with Crippen molar-refractivity contribution in [3.63, 3.8) is 0 Å². The summed E-state index contributed by atoms with van der Waals surface area (Å²) in [6, 6.07) is 0. The van der Waals surface area contributed by atoms with Gasteiger partial charge in [-0.05, 0) is 38.5 Å². The molecule has 2 N–H and O–H groups in total. The number of amides is 2. The normalized spacial score (nSPS) is 29.4. The minimum absolute atomic E-state index is 0. The molecule has 0 aromatic carbocycles. The van der Waals surface area contributed by atoms with Gasteiger partial charge >= 0.3 is 37.7 Å². The molecule has 2 fully saturated rings. The van der Waals surface area contributed by atoms with Gasteiger partial charge in [0.15, 0.2) is 9.75 Å². The number of hydrogen-bond acceptors (Lipinski definition) is 6. The first kappa shape index (κ1) is 24.7. The van der Waals surface area contributed by atoms with E-state index in [0.29, 0.717) is 25.9 Å². The molecule has 0 saturated carbocycles. The van der Waals surface area contributed by atoms with Crippen LogP contribution in [0, 0.1) is 0 Å². The van der Waals surface area contributed by atoms with Crippen LogP contribution in [0.1, 0.15) is 38.5 Å². The third-order valence-corrected chi connectivity index (χ3v) is 4.86. The van der Waals surface area contributed by atoms with E-state index < -0.39 is 33.5 Å². The Morgan fingerprint density at radius 1 is 0.800 bits per heavy atom. The molecular weight excluding hydrogens is 403 g/mol. The Bertz CT molecular complexity index is 489. The summed E-state index contributed by atoms with van der Waals surface area (Å²) in [4.78, 5) is 39.6. The van der Waals surface area contributed by atoms with Gasteiger partial charge in [-0.25, -0.2) is 0 Å². The number of halogens is 2. The summed E-state index contributed by atoms with van der Waals surface area (Å²) in [6.45, 7) is 0.973. The van der Waals surface area contributed by atoms with Crippen LogP contribution in [-0.4, -0.2) is 84.3 Å². The first-order valence-corrected chi connectivity index (χ1v) is 8.27. The molecular formula is C14H18CaCl2N2O6. The van der Waals surface area contributed by atoms with Crippen LogP contribution in [0.4, 0.5) is 0 Å². The molecule has 8 nitrogen and oxygen atoms in total. The zero-order valence-corrected chi connectivity index (χ0v) is 17.3. The van der Waals surface area contributed by atoms with Gasteiger partial charge in [-0.15, -0.1) is 23.2 Å². The van der Waals surface area contributed by atoms with Crippen LogP contribution >= 0.6 is 23.2 Å². The maximum atomic E-state index is 11.1. The quantitative estimate of drug-likeness (QED) is 0.291. The van der Waals surface area contributed by atoms with E-state index in [-0.39, 0.29) is 50.6 Å². The average Bonchev–Trinajstić information content (AvgIpc) is 2.80. The molecule has 2 aliphatic rings. The van der Waals surface area contributed by atoms with Crippen LogP contribution in [0.25, 0.3) is 0 Å². The molecule has 2 atom stereocenters. The summed E-state index contributed by atoms with van der Waals surface area (Å²) in [5, 5.41) is 25.9. The average molecular weight is 421 g/mol. The minimum Gasteiger partial charge on any atom is -0.548 e. The number of rotatable bonds is 2. The molecule has 0 aromatic heterocycles. The van der Waals surface area contributed by atoms with E-state index in [1.165, 1.54) is 0 Å². The van der Waals surface area contributed by atoms with Crippen LogP contribution in [-0.2, 0) is 19.2 Å². The van der Waals surface area contributed by atoms with E-state index in [0.717, 1.165) is 12.8 Å². The molecule has 0 aromatic rings. The van der Waals surface area contributed by atoms with E-state index in [1.807, 2.05) is 0 Å². The number of nitrogens with one attached hydrogen (secondary N) is 2. The summed E-state index contributed by atoms with van der Waals surface area (Å²) in [6.07, 6.45) is 3.04. The summed E-state index contributed by atoms with van der Waals surface area (Å²) in [5.74, 6) is -4.32. The summed E-state index contributed by atoms with van der Waals surface area (Å²) >= 11 is 11.2. The molecule has 2 amide bonds. The molecule has 0 radical (unpaired) electrons. The number of carboxylic acids is 2. The van der Waals surface area contributed by atoms with Gasteiger partial charge in [-0.3, -0.25) is 9.59 Å². The molecule has 0 bridgehead atoms. The Labute approximate surface area is 185 Å². The van der Waals surface area contributed by atoms with Crippen molar-refractivity contribution in [2.24, 2.45) is 0 Å². The maximum Gasteiger partial charge on any atom is 2.00 e. The molecule has 136 valence electrons. The van der Waals surface area contributed by atoms with Gasteiger partial charge in [-0.2, -0.15) is 0 Å². The Balaban J connectivity index is 0.000000443. The van der Waals surface area contributed by atoms with Crippen molar-refractivity contribution in [1.29, 1.82) is 0 Å². The van der Waals surface area contributed by atoms with Gasteiger partial charge in [-0.1, -0.05) is 0 Å². The standard InChI is InChI=1S/2C7H10ClNO3.Ca/c2*8-7(6(11)12)3-1-2-4-9-5(7)10;/h2*1-4H2,(H,9,10)(H,11,12);/q;;+2/p-2. The molecule has 11 heteroatoms. The molecule has 2 unspecified atom stereocenters. The van der Waals surface area contributed by atoms with Gasteiger partial charge in [0.05, 0.1) is 11.9 Å². The van der Waals surface area contributed by atoms with Crippen LogP contribution in [0.3, 0.4) is 0 Å². The van der Waals surface area contributed by atoms with Gasteiger partial charge in [0.25, 0.3) is 0 Å². The number of alkyl halides is 2. The minimum atomic E-state index is -1.85. The molecule has 0 spiro atoms. The van der Waals surface area contributed by atoms with Crippen molar-refractivity contribution in [2.75, 3.05) is 13.1 Å². The number of carbonyl (C=O) groups excluding carboxylic acids is 4. The second kappa shape index (κ2) is 10.8. The molecule has 2 rings (SSSR count). The second-order valence-corrected chi connectivity index (χ2v) is 6.89. The van der Waals surface area contributed by atoms with Crippen molar-refractivity contribution in [3.05, 3.63) is 0 Å². The third-order valence-electron chi connectivity index (χ3n) is 3.83. The van der Waals surface area contributed by atoms with Crippen molar-refractivity contribution in [2.45, 2.75) is 48.3 Å². The van der Waals surface area contributed by atoms with Gasteiger partial charge in [0.1, 0.15) is 0 Å². The molecule has 2 heterocycles. The zero-order valence-electron chi connectivity index (χ0n) is 13.6. The topological polar surface area (TPSA) is 138 Å². The zero-order chi connectivity index (χ0) is 18.4. The predicted octanol–water partition coefficient (Wildman–Crippen LogP) is -2.35. The van der Waals surface area contributed by atoms with Crippen molar-refractivity contribution >= 4 is 84.7 Å². The van der Waals surface area contributed by atoms with Gasteiger partial charge in [0.2, 0.25) is 11.8 Å². The number of aliphatic carboxylic acids is 2. The van der Waals surface area contributed by atoms with E-state index in [4.69, 9.17) is 23.2 Å². The number of hydrogen-bond donors (Lipinski definition) is 2. The van der Waals surface area contributed by atoms with Crippen molar-refractivity contribution in [1.82, 2.24) is 10.6 Å². The number of carboxylic acid groups (broad SMARTS) is 2. The van der Waals surface area contributed by atoms with Gasteiger partial charge in [0, 0.05) is 13.1 Å². The Morgan fingerprint density at radius 3 is 1.40 bits per heavy atom. The fourth-order valence-corrected chi connectivity index (χ4v) is 2.69. The Hall–Kier alpha value is -0.280. The third kappa shape index (κ3) is 6.43. The largest absolute Gasteiger partial charge is 2.00 e. The summed E-state index contributed by atoms with van der Waals surface area (Å²) in [5.41, 5.74) is 0. The Morgan fingerprint density at radius 2 is 1.12 bits per heavy atom. The second-order valence-electron chi connectivity index (χ2n) is 5.60. The van der Waals surface area contributed by atoms with Crippen molar-refractivity contribution < 1.29 is 29.4 Å². The van der Waals surface area contributed by atoms with E-state index in [1.54, 1.807) is 0 Å². The molecule has 25 heavy (non-hydrogen) atoms. The monoisotopic (exact) mass is 420 g/mol. The van der Waals surface area contributed by atoms with Crippen LogP contribution in [0.2, 0.25) is 0 Å². The Kier molecular flexibility index (Phi) is 10.6. The van der Waals surface area contributed by atoms with Crippen molar-refractivity contribution in [3.8, 4) is 0 Å². The first-order chi connectivity index (χ1) is 11.1. The van der Waals surface area contributed by atoms with Crippen LogP contribution in [0.5, 0.6) is 0 Å². The molecule has 2 saturated heterocycles. The van der Waals surface area contributed by atoms with E-state index in [9.17, 15) is 29.4 Å². The fourth-order valence-electron chi connectivity index (χ4n) is 2.29. The SMILES string of the molecule is O=C([O-])C1(Cl)CCCCNC1=O.O=C([O-])C1(Cl)CCCCNC1=O.[Ca+2]. The van der Waals surface area contributed by atoms with Crippen LogP contribution < -0.4 is 20.8 Å². The first-order valence-electron chi connectivity index (χ1n) is 7.52. The van der Waals surface area contributed by atoms with Gasteiger partial charge < -0.3 is 30.4 Å². The predicted molar refractivity (Wildman–Crippen MR) is 86.7 cm³/mol. The summed E-state index contributed by atoms with van der Waals surface area (Å²) < 4.78 is 0.